The quantitative estimate of drug-likeness (QED) is 0.666. The van der Waals surface area contributed by atoms with Crippen LogP contribution in [-0.2, 0) is 17.8 Å². The molecule has 134 valence electrons. The molecule has 3 aromatic rings. The van der Waals surface area contributed by atoms with Crippen molar-refractivity contribution in [2.24, 2.45) is 0 Å². The highest BCUT2D eigenvalue weighted by Crippen LogP contribution is 2.22. The molecule has 0 fully saturated rings. The van der Waals surface area contributed by atoms with Gasteiger partial charge in [0.25, 0.3) is 0 Å². The normalized spacial score (nSPS) is 12.0. The van der Waals surface area contributed by atoms with E-state index in [1.54, 1.807) is 13.1 Å². The van der Waals surface area contributed by atoms with Crippen LogP contribution in [0.1, 0.15) is 17.2 Å². The monoisotopic (exact) mass is 373 g/mol. The number of aromatic nitrogens is 4. The van der Waals surface area contributed by atoms with Crippen LogP contribution in [0.15, 0.2) is 54.9 Å². The van der Waals surface area contributed by atoms with Crippen LogP contribution in [-0.4, -0.2) is 38.1 Å². The van der Waals surface area contributed by atoms with Crippen LogP contribution in [0, 0.1) is 5.82 Å². The Kier molecular flexibility index (Phi) is 5.58. The van der Waals surface area contributed by atoms with Gasteiger partial charge in [0.1, 0.15) is 18.2 Å². The summed E-state index contributed by atoms with van der Waals surface area (Å²) in [4.78, 5) is 14.4. The van der Waals surface area contributed by atoms with Gasteiger partial charge in [-0.3, -0.25) is 4.79 Å². The summed E-state index contributed by atoms with van der Waals surface area (Å²) in [6, 6.07) is 13.4. The van der Waals surface area contributed by atoms with E-state index in [9.17, 15) is 9.18 Å². The van der Waals surface area contributed by atoms with Crippen molar-refractivity contribution in [2.45, 2.75) is 19.0 Å². The van der Waals surface area contributed by atoms with Gasteiger partial charge in [0.05, 0.1) is 0 Å². The molecule has 2 aromatic carbocycles. The topological polar surface area (TPSA) is 63.9 Å². The van der Waals surface area contributed by atoms with Crippen molar-refractivity contribution in [1.82, 2.24) is 25.1 Å². The average Bonchev–Trinajstić information content (AvgIpc) is 3.17. The molecule has 3 rings (SSSR count). The molecule has 0 radical (unpaired) electrons. The molecule has 1 atom stereocenters. The van der Waals surface area contributed by atoms with E-state index < -0.39 is 11.9 Å². The number of likely N-dealkylation sites (N-methyl/N-ethyl adjacent to an activating group) is 1. The zero-order valence-corrected chi connectivity index (χ0v) is 14.8. The molecular formula is C18H17ClFN5O. The molecule has 1 unspecified atom stereocenters. The Morgan fingerprint density at radius 2 is 2.00 bits per heavy atom. The largest absolute Gasteiger partial charge is 0.339 e. The Labute approximate surface area is 155 Å². The minimum atomic E-state index is -0.636. The van der Waals surface area contributed by atoms with Crippen molar-refractivity contribution in [3.63, 3.8) is 0 Å². The third-order valence-corrected chi connectivity index (χ3v) is 4.43. The molecule has 0 spiro atoms. The molecule has 0 N–H and O–H groups in total. The van der Waals surface area contributed by atoms with Gasteiger partial charge in [0.15, 0.2) is 0 Å². The Bertz CT molecular complexity index is 852. The Hall–Kier alpha value is -2.80. The first-order valence-corrected chi connectivity index (χ1v) is 8.38. The van der Waals surface area contributed by atoms with Crippen LogP contribution < -0.4 is 0 Å². The standard InChI is InChI=1S/C18H17ClFN5O/c1-24(11-14-15(19)8-5-9-16(14)20)18(26)17(25-12-21-22-23-25)10-13-6-3-2-4-7-13/h2-9,12,17H,10-11H2,1H3. The lowest BCUT2D eigenvalue weighted by Gasteiger charge is -2.24. The first kappa shape index (κ1) is 18.0. The van der Waals surface area contributed by atoms with Gasteiger partial charge < -0.3 is 4.90 Å². The lowest BCUT2D eigenvalue weighted by atomic mass is 10.0. The van der Waals surface area contributed by atoms with Crippen LogP contribution in [0.3, 0.4) is 0 Å². The number of hydrogen-bond donors (Lipinski definition) is 0. The number of tetrazole rings is 1. The molecule has 0 aliphatic rings. The summed E-state index contributed by atoms with van der Waals surface area (Å²) in [7, 11) is 1.60. The number of carbonyl (C=O) groups excluding carboxylic acids is 1. The molecule has 26 heavy (non-hydrogen) atoms. The average molecular weight is 374 g/mol. The van der Waals surface area contributed by atoms with E-state index >= 15 is 0 Å². The predicted octanol–water partition coefficient (Wildman–Crippen LogP) is 2.91. The molecule has 0 saturated heterocycles. The smallest absolute Gasteiger partial charge is 0.247 e. The van der Waals surface area contributed by atoms with E-state index in [-0.39, 0.29) is 23.0 Å². The maximum absolute atomic E-state index is 14.0. The SMILES string of the molecule is CN(Cc1c(F)cccc1Cl)C(=O)C(Cc1ccccc1)n1cnnn1. The highest BCUT2D eigenvalue weighted by molar-refractivity contribution is 6.31. The minimum Gasteiger partial charge on any atom is -0.339 e. The maximum atomic E-state index is 14.0. The van der Waals surface area contributed by atoms with E-state index in [2.05, 4.69) is 15.5 Å². The zero-order chi connectivity index (χ0) is 18.5. The molecule has 1 aromatic heterocycles. The molecule has 0 aliphatic carbocycles. The van der Waals surface area contributed by atoms with Gasteiger partial charge in [0, 0.05) is 30.6 Å². The minimum absolute atomic E-state index is 0.0533. The summed E-state index contributed by atoms with van der Waals surface area (Å²) in [5.74, 6) is -0.681. The van der Waals surface area contributed by atoms with Crippen LogP contribution in [0.25, 0.3) is 0 Å². The summed E-state index contributed by atoms with van der Waals surface area (Å²) in [6.07, 6.45) is 1.81. The predicted molar refractivity (Wildman–Crippen MR) is 94.9 cm³/mol. The molecule has 6 nitrogen and oxygen atoms in total. The highest BCUT2D eigenvalue weighted by Gasteiger charge is 2.26. The van der Waals surface area contributed by atoms with Crippen LogP contribution in [0.2, 0.25) is 5.02 Å². The fourth-order valence-corrected chi connectivity index (χ4v) is 2.92. The summed E-state index contributed by atoms with van der Waals surface area (Å²) in [5, 5.41) is 11.4. The van der Waals surface area contributed by atoms with Crippen LogP contribution in [0.4, 0.5) is 4.39 Å². The first-order chi connectivity index (χ1) is 12.6. The molecule has 8 heteroatoms. The molecule has 1 amide bonds. The molecule has 0 saturated carbocycles. The Morgan fingerprint density at radius 1 is 1.23 bits per heavy atom. The second-order valence-corrected chi connectivity index (χ2v) is 6.30. The van der Waals surface area contributed by atoms with E-state index in [1.807, 2.05) is 30.3 Å². The van der Waals surface area contributed by atoms with Crippen molar-refractivity contribution in [3.05, 3.63) is 76.8 Å². The summed E-state index contributed by atoms with van der Waals surface area (Å²) < 4.78 is 15.4. The van der Waals surface area contributed by atoms with Gasteiger partial charge in [-0.25, -0.2) is 9.07 Å². The summed E-state index contributed by atoms with van der Waals surface area (Å²) in [5.41, 5.74) is 1.25. The fourth-order valence-electron chi connectivity index (χ4n) is 2.70. The van der Waals surface area contributed by atoms with Gasteiger partial charge in [-0.05, 0) is 28.1 Å². The Balaban J connectivity index is 1.83. The summed E-state index contributed by atoms with van der Waals surface area (Å²) in [6.45, 7) is 0.0533. The summed E-state index contributed by atoms with van der Waals surface area (Å²) >= 11 is 6.07. The number of rotatable bonds is 6. The van der Waals surface area contributed by atoms with E-state index in [0.29, 0.717) is 6.42 Å². The van der Waals surface area contributed by atoms with Crippen molar-refractivity contribution in [3.8, 4) is 0 Å². The van der Waals surface area contributed by atoms with Gasteiger partial charge >= 0.3 is 0 Å². The third-order valence-electron chi connectivity index (χ3n) is 4.07. The van der Waals surface area contributed by atoms with Crippen molar-refractivity contribution < 1.29 is 9.18 Å². The zero-order valence-electron chi connectivity index (χ0n) is 14.1. The molecule has 1 heterocycles. The molecular weight excluding hydrogens is 357 g/mol. The maximum Gasteiger partial charge on any atom is 0.247 e. The number of hydrogen-bond acceptors (Lipinski definition) is 4. The van der Waals surface area contributed by atoms with Gasteiger partial charge in [-0.2, -0.15) is 0 Å². The van der Waals surface area contributed by atoms with Gasteiger partial charge in [0.2, 0.25) is 5.91 Å². The van der Waals surface area contributed by atoms with E-state index in [4.69, 9.17) is 11.6 Å². The number of carbonyl (C=O) groups is 1. The van der Waals surface area contributed by atoms with Crippen molar-refractivity contribution in [2.75, 3.05) is 7.05 Å². The second-order valence-electron chi connectivity index (χ2n) is 5.89. The lowest BCUT2D eigenvalue weighted by Crippen LogP contribution is -2.36. The Morgan fingerprint density at radius 3 is 2.65 bits per heavy atom. The third kappa shape index (κ3) is 4.05. The van der Waals surface area contributed by atoms with E-state index in [1.165, 1.54) is 28.0 Å². The number of benzene rings is 2. The molecule has 0 bridgehead atoms. The van der Waals surface area contributed by atoms with Gasteiger partial charge in [-0.15, -0.1) is 5.10 Å². The van der Waals surface area contributed by atoms with Crippen molar-refractivity contribution >= 4 is 17.5 Å². The lowest BCUT2D eigenvalue weighted by molar-refractivity contribution is -0.134. The van der Waals surface area contributed by atoms with E-state index in [0.717, 1.165) is 5.56 Å². The van der Waals surface area contributed by atoms with Crippen molar-refractivity contribution in [1.29, 1.82) is 0 Å². The first-order valence-electron chi connectivity index (χ1n) is 8.00. The fraction of sp³-hybridized carbons (Fsp3) is 0.222. The number of nitrogens with zero attached hydrogens (tertiary/aromatic N) is 5. The van der Waals surface area contributed by atoms with Crippen LogP contribution in [0.5, 0.6) is 0 Å². The molecule has 0 aliphatic heterocycles. The van der Waals surface area contributed by atoms with Crippen LogP contribution >= 0.6 is 11.6 Å². The van der Waals surface area contributed by atoms with Gasteiger partial charge in [-0.1, -0.05) is 48.0 Å². The number of amides is 1. The highest BCUT2D eigenvalue weighted by atomic mass is 35.5. The number of halogens is 2. The second kappa shape index (κ2) is 8.05.